The summed E-state index contributed by atoms with van der Waals surface area (Å²) in [4.78, 5) is 0. The first-order chi connectivity index (χ1) is 9.36. The van der Waals surface area contributed by atoms with Gasteiger partial charge in [-0.25, -0.2) is 0 Å². The van der Waals surface area contributed by atoms with Crippen molar-refractivity contribution < 1.29 is 23.0 Å². The number of alkyl halides is 3. The molecule has 2 nitrogen and oxygen atoms in total. The van der Waals surface area contributed by atoms with Crippen LogP contribution >= 0.6 is 11.6 Å². The Hall–Kier alpha value is -1.88. The number of rotatable bonds is 3. The van der Waals surface area contributed by atoms with Gasteiger partial charge in [-0.2, -0.15) is 13.2 Å². The minimum atomic E-state index is -4.54. The number of ether oxygens (including phenoxy) is 1. The van der Waals surface area contributed by atoms with Crippen molar-refractivity contribution in [3.63, 3.8) is 0 Å². The third-order valence-electron chi connectivity index (χ3n) is 2.57. The molecule has 0 saturated carbocycles. The summed E-state index contributed by atoms with van der Waals surface area (Å²) in [5.41, 5.74) is -0.322. The molecule has 0 amide bonds. The highest BCUT2D eigenvalue weighted by molar-refractivity contribution is 6.31. The summed E-state index contributed by atoms with van der Waals surface area (Å²) in [6, 6.07) is 9.43. The summed E-state index contributed by atoms with van der Waals surface area (Å²) in [7, 11) is 0. The van der Waals surface area contributed by atoms with Gasteiger partial charge in [0.15, 0.2) is 0 Å². The number of phenolic OH excluding ortho intramolecular Hbond substituents is 1. The van der Waals surface area contributed by atoms with E-state index in [0.717, 1.165) is 12.1 Å². The van der Waals surface area contributed by atoms with E-state index in [1.165, 1.54) is 0 Å². The number of benzene rings is 2. The molecular weight excluding hydrogens is 293 g/mol. The second-order valence-corrected chi connectivity index (χ2v) is 4.50. The normalized spacial score (nSPS) is 11.4. The molecule has 0 fully saturated rings. The van der Waals surface area contributed by atoms with Gasteiger partial charge in [0.2, 0.25) is 0 Å². The molecular formula is C14H10ClF3O2. The van der Waals surface area contributed by atoms with Crippen LogP contribution < -0.4 is 4.74 Å². The first-order valence-electron chi connectivity index (χ1n) is 5.64. The predicted octanol–water partition coefficient (Wildman–Crippen LogP) is 4.64. The highest BCUT2D eigenvalue weighted by Crippen LogP contribution is 2.34. The number of halogens is 4. The van der Waals surface area contributed by atoms with Gasteiger partial charge in [-0.15, -0.1) is 0 Å². The van der Waals surface area contributed by atoms with Crippen molar-refractivity contribution in [2.75, 3.05) is 0 Å². The Morgan fingerprint density at radius 2 is 1.80 bits per heavy atom. The zero-order valence-corrected chi connectivity index (χ0v) is 10.9. The summed E-state index contributed by atoms with van der Waals surface area (Å²) < 4.78 is 43.0. The molecule has 0 unspecified atom stereocenters. The van der Waals surface area contributed by atoms with Crippen LogP contribution in [-0.2, 0) is 12.8 Å². The highest BCUT2D eigenvalue weighted by atomic mass is 35.5. The lowest BCUT2D eigenvalue weighted by Crippen LogP contribution is -2.05. The first kappa shape index (κ1) is 14.5. The van der Waals surface area contributed by atoms with Gasteiger partial charge in [0, 0.05) is 16.7 Å². The maximum Gasteiger partial charge on any atom is 0.416 e. The summed E-state index contributed by atoms with van der Waals surface area (Å²) in [6.07, 6.45) is -4.54. The van der Waals surface area contributed by atoms with Crippen LogP contribution in [0.5, 0.6) is 11.5 Å². The van der Waals surface area contributed by atoms with Crippen molar-refractivity contribution in [3.8, 4) is 11.5 Å². The van der Waals surface area contributed by atoms with Crippen LogP contribution in [0.25, 0.3) is 0 Å². The fourth-order valence-electron chi connectivity index (χ4n) is 1.61. The molecule has 2 aromatic carbocycles. The minimum absolute atomic E-state index is 0.0143. The molecule has 2 rings (SSSR count). The second-order valence-electron chi connectivity index (χ2n) is 4.09. The van der Waals surface area contributed by atoms with E-state index in [4.69, 9.17) is 16.3 Å². The van der Waals surface area contributed by atoms with E-state index in [0.29, 0.717) is 16.7 Å². The standard InChI is InChI=1S/C14H10ClF3O2/c15-13-4-2-1-3-9(13)8-20-12-6-10(14(16,17)18)5-11(19)7-12/h1-7,19H,8H2. The third kappa shape index (κ3) is 3.57. The number of hydrogen-bond donors (Lipinski definition) is 1. The quantitative estimate of drug-likeness (QED) is 0.894. The van der Waals surface area contributed by atoms with Crippen LogP contribution in [-0.4, -0.2) is 5.11 Å². The van der Waals surface area contributed by atoms with E-state index < -0.39 is 17.5 Å². The Morgan fingerprint density at radius 3 is 2.45 bits per heavy atom. The Labute approximate surface area is 118 Å². The van der Waals surface area contributed by atoms with Crippen LogP contribution in [0.3, 0.4) is 0 Å². The summed E-state index contributed by atoms with van der Waals surface area (Å²) >= 11 is 5.92. The van der Waals surface area contributed by atoms with Gasteiger partial charge in [-0.05, 0) is 18.2 Å². The predicted molar refractivity (Wildman–Crippen MR) is 68.9 cm³/mol. The molecule has 0 atom stereocenters. The van der Waals surface area contributed by atoms with Crippen molar-refractivity contribution in [1.82, 2.24) is 0 Å². The van der Waals surface area contributed by atoms with Gasteiger partial charge in [0.1, 0.15) is 18.1 Å². The van der Waals surface area contributed by atoms with Crippen LogP contribution in [0, 0.1) is 0 Å². The van der Waals surface area contributed by atoms with Crippen LogP contribution in [0.1, 0.15) is 11.1 Å². The lowest BCUT2D eigenvalue weighted by atomic mass is 10.2. The Bertz CT molecular complexity index is 612. The molecule has 0 spiro atoms. The minimum Gasteiger partial charge on any atom is -0.508 e. The van der Waals surface area contributed by atoms with Gasteiger partial charge in [0.05, 0.1) is 5.56 Å². The lowest BCUT2D eigenvalue weighted by Gasteiger charge is -2.11. The molecule has 0 aliphatic heterocycles. The van der Waals surface area contributed by atoms with Gasteiger partial charge in [-0.1, -0.05) is 29.8 Å². The Kier molecular flexibility index (Phi) is 4.09. The smallest absolute Gasteiger partial charge is 0.416 e. The number of phenols is 1. The zero-order chi connectivity index (χ0) is 14.8. The molecule has 0 radical (unpaired) electrons. The van der Waals surface area contributed by atoms with Crippen molar-refractivity contribution >= 4 is 11.6 Å². The summed E-state index contributed by atoms with van der Waals surface area (Å²) in [6.45, 7) is 0.0143. The molecule has 6 heteroatoms. The van der Waals surface area contributed by atoms with Crippen molar-refractivity contribution in [2.45, 2.75) is 12.8 Å². The molecule has 0 heterocycles. The Morgan fingerprint density at radius 1 is 1.10 bits per heavy atom. The van der Waals surface area contributed by atoms with E-state index in [9.17, 15) is 18.3 Å². The van der Waals surface area contributed by atoms with E-state index in [1.54, 1.807) is 24.3 Å². The van der Waals surface area contributed by atoms with Gasteiger partial charge in [-0.3, -0.25) is 0 Å². The number of aromatic hydroxyl groups is 1. The van der Waals surface area contributed by atoms with Gasteiger partial charge < -0.3 is 9.84 Å². The first-order valence-corrected chi connectivity index (χ1v) is 6.01. The third-order valence-corrected chi connectivity index (χ3v) is 2.94. The molecule has 1 N–H and O–H groups in total. The highest BCUT2D eigenvalue weighted by Gasteiger charge is 2.31. The maximum atomic E-state index is 12.6. The average Bonchev–Trinajstić information content (AvgIpc) is 2.36. The fraction of sp³-hybridized carbons (Fsp3) is 0.143. The Balaban J connectivity index is 2.18. The topological polar surface area (TPSA) is 29.5 Å². The van der Waals surface area contributed by atoms with Crippen molar-refractivity contribution in [3.05, 3.63) is 58.6 Å². The lowest BCUT2D eigenvalue weighted by molar-refractivity contribution is -0.137. The molecule has 2 aromatic rings. The van der Waals surface area contributed by atoms with E-state index in [2.05, 4.69) is 0 Å². The maximum absolute atomic E-state index is 12.6. The second kappa shape index (κ2) is 5.63. The van der Waals surface area contributed by atoms with E-state index in [1.807, 2.05) is 0 Å². The fourth-order valence-corrected chi connectivity index (χ4v) is 1.80. The largest absolute Gasteiger partial charge is 0.508 e. The summed E-state index contributed by atoms with van der Waals surface area (Å²) in [5.74, 6) is -0.578. The monoisotopic (exact) mass is 302 g/mol. The molecule has 0 saturated heterocycles. The average molecular weight is 303 g/mol. The molecule has 0 aliphatic rings. The van der Waals surface area contributed by atoms with Gasteiger partial charge >= 0.3 is 6.18 Å². The van der Waals surface area contributed by atoms with Crippen LogP contribution in [0.2, 0.25) is 5.02 Å². The number of hydrogen-bond acceptors (Lipinski definition) is 2. The molecule has 0 bridgehead atoms. The summed E-state index contributed by atoms with van der Waals surface area (Å²) in [5, 5.41) is 9.76. The SMILES string of the molecule is Oc1cc(OCc2ccccc2Cl)cc(C(F)(F)F)c1. The van der Waals surface area contributed by atoms with Crippen molar-refractivity contribution in [1.29, 1.82) is 0 Å². The van der Waals surface area contributed by atoms with Crippen LogP contribution in [0.15, 0.2) is 42.5 Å². The molecule has 0 aliphatic carbocycles. The van der Waals surface area contributed by atoms with Gasteiger partial charge in [0.25, 0.3) is 0 Å². The van der Waals surface area contributed by atoms with E-state index >= 15 is 0 Å². The van der Waals surface area contributed by atoms with Crippen molar-refractivity contribution in [2.24, 2.45) is 0 Å². The molecule has 106 valence electrons. The van der Waals surface area contributed by atoms with E-state index in [-0.39, 0.29) is 12.4 Å². The zero-order valence-electron chi connectivity index (χ0n) is 10.1. The molecule has 20 heavy (non-hydrogen) atoms. The van der Waals surface area contributed by atoms with Crippen LogP contribution in [0.4, 0.5) is 13.2 Å². The molecule has 0 aromatic heterocycles.